The van der Waals surface area contributed by atoms with Crippen molar-refractivity contribution in [2.75, 3.05) is 7.11 Å². The Bertz CT molecular complexity index is 367. The molecule has 1 aliphatic carbocycles. The van der Waals surface area contributed by atoms with Gasteiger partial charge in [-0.25, -0.2) is 4.39 Å². The molecule has 1 aromatic rings. The maximum atomic E-state index is 14.2. The average molecular weight is 222 g/mol. The van der Waals surface area contributed by atoms with Gasteiger partial charge in [0.05, 0.1) is 6.10 Å². The van der Waals surface area contributed by atoms with E-state index in [4.69, 9.17) is 4.74 Å². The van der Waals surface area contributed by atoms with Gasteiger partial charge in [0.15, 0.2) is 0 Å². The summed E-state index contributed by atoms with van der Waals surface area (Å²) >= 11 is 0. The normalized spacial score (nSPS) is 24.6. The molecule has 0 unspecified atom stereocenters. The Morgan fingerprint density at radius 2 is 2.00 bits per heavy atom. The van der Waals surface area contributed by atoms with Crippen LogP contribution in [0.4, 0.5) is 4.39 Å². The molecule has 0 spiro atoms. The summed E-state index contributed by atoms with van der Waals surface area (Å²) in [5.74, 6) is 0.596. The van der Waals surface area contributed by atoms with Crippen molar-refractivity contribution in [2.24, 2.45) is 0 Å². The van der Waals surface area contributed by atoms with E-state index in [0.29, 0.717) is 12.0 Å². The van der Waals surface area contributed by atoms with Crippen molar-refractivity contribution < 1.29 is 9.13 Å². The monoisotopic (exact) mass is 222 g/mol. The van der Waals surface area contributed by atoms with Gasteiger partial charge in [-0.1, -0.05) is 32.0 Å². The maximum Gasteiger partial charge on any atom is 0.130 e. The molecular weight excluding hydrogens is 203 g/mol. The molecule has 0 N–H and O–H groups in total. The summed E-state index contributed by atoms with van der Waals surface area (Å²) in [6.45, 7) is 4.06. The Morgan fingerprint density at radius 3 is 2.56 bits per heavy atom. The maximum absolute atomic E-state index is 14.2. The molecule has 1 saturated carbocycles. The van der Waals surface area contributed by atoms with Crippen molar-refractivity contribution in [3.05, 3.63) is 35.1 Å². The summed E-state index contributed by atoms with van der Waals surface area (Å²) < 4.78 is 19.4. The lowest BCUT2D eigenvalue weighted by atomic mass is 9.76. The number of rotatable bonds is 3. The Hall–Kier alpha value is -0.890. The van der Waals surface area contributed by atoms with E-state index in [1.54, 1.807) is 7.11 Å². The Morgan fingerprint density at radius 1 is 1.31 bits per heavy atom. The first kappa shape index (κ1) is 11.6. The third-order valence-electron chi connectivity index (χ3n) is 3.55. The van der Waals surface area contributed by atoms with Crippen molar-refractivity contribution >= 4 is 0 Å². The number of benzene rings is 1. The van der Waals surface area contributed by atoms with E-state index in [0.717, 1.165) is 24.0 Å². The van der Waals surface area contributed by atoms with Crippen molar-refractivity contribution in [3.63, 3.8) is 0 Å². The molecular formula is C14H19FO. The summed E-state index contributed by atoms with van der Waals surface area (Å²) in [5, 5.41) is 0. The van der Waals surface area contributed by atoms with E-state index in [1.165, 1.54) is 0 Å². The van der Waals surface area contributed by atoms with Crippen molar-refractivity contribution in [2.45, 2.75) is 44.6 Å². The van der Waals surface area contributed by atoms with Crippen LogP contribution in [0.25, 0.3) is 0 Å². The minimum absolute atomic E-state index is 0.00273. The highest BCUT2D eigenvalue weighted by atomic mass is 19.1. The predicted octanol–water partition coefficient (Wildman–Crippen LogP) is 3.84. The molecule has 0 heterocycles. The number of methoxy groups -OCH3 is 1. The second-order valence-electron chi connectivity index (χ2n) is 4.93. The minimum atomic E-state index is -0.00273. The van der Waals surface area contributed by atoms with Crippen LogP contribution >= 0.6 is 0 Å². The number of hydrogen-bond acceptors (Lipinski definition) is 1. The molecule has 0 radical (unpaired) electrons. The summed E-state index contributed by atoms with van der Waals surface area (Å²) in [5.41, 5.74) is 1.71. The molecule has 2 rings (SSSR count). The molecule has 1 fully saturated rings. The van der Waals surface area contributed by atoms with Gasteiger partial charge in [0.25, 0.3) is 0 Å². The van der Waals surface area contributed by atoms with Crippen molar-refractivity contribution in [1.29, 1.82) is 0 Å². The lowest BCUT2D eigenvalue weighted by Crippen LogP contribution is -2.29. The molecule has 1 aromatic carbocycles. The van der Waals surface area contributed by atoms with Gasteiger partial charge in [-0.05, 0) is 35.8 Å². The molecule has 2 heteroatoms. The number of ether oxygens (including phenoxy) is 1. The highest BCUT2D eigenvalue weighted by Gasteiger charge is 2.32. The standard InChI is InChI=1S/C14H19FO/c1-9(2)12-5-4-6-13(14(12)15)10-7-11(8-10)16-3/h4-6,9-11H,7-8H2,1-3H3/t10-,11+. The van der Waals surface area contributed by atoms with Crippen LogP contribution in [0.3, 0.4) is 0 Å². The summed E-state index contributed by atoms with van der Waals surface area (Å²) in [4.78, 5) is 0. The van der Waals surface area contributed by atoms with Gasteiger partial charge in [0.2, 0.25) is 0 Å². The minimum Gasteiger partial charge on any atom is -0.381 e. The van der Waals surface area contributed by atoms with Crippen molar-refractivity contribution in [3.8, 4) is 0 Å². The highest BCUT2D eigenvalue weighted by molar-refractivity contribution is 5.32. The van der Waals surface area contributed by atoms with Gasteiger partial charge in [-0.2, -0.15) is 0 Å². The van der Waals surface area contributed by atoms with E-state index >= 15 is 0 Å². The lowest BCUT2D eigenvalue weighted by molar-refractivity contribution is 0.0249. The van der Waals surface area contributed by atoms with Crippen LogP contribution in [0.15, 0.2) is 18.2 Å². The van der Waals surface area contributed by atoms with Crippen molar-refractivity contribution in [1.82, 2.24) is 0 Å². The van der Waals surface area contributed by atoms with E-state index in [-0.39, 0.29) is 11.7 Å². The summed E-state index contributed by atoms with van der Waals surface area (Å²) in [6.07, 6.45) is 2.23. The largest absolute Gasteiger partial charge is 0.381 e. The predicted molar refractivity (Wildman–Crippen MR) is 63.3 cm³/mol. The quantitative estimate of drug-likeness (QED) is 0.755. The van der Waals surface area contributed by atoms with Gasteiger partial charge >= 0.3 is 0 Å². The van der Waals surface area contributed by atoms with Gasteiger partial charge in [-0.3, -0.25) is 0 Å². The van der Waals surface area contributed by atoms with Crippen LogP contribution in [0.1, 0.15) is 49.7 Å². The smallest absolute Gasteiger partial charge is 0.130 e. The van der Waals surface area contributed by atoms with Crippen LogP contribution in [-0.2, 0) is 4.74 Å². The zero-order chi connectivity index (χ0) is 11.7. The fourth-order valence-electron chi connectivity index (χ4n) is 2.34. The summed E-state index contributed by atoms with van der Waals surface area (Å²) in [7, 11) is 1.72. The van der Waals surface area contributed by atoms with Crippen LogP contribution < -0.4 is 0 Å². The van der Waals surface area contributed by atoms with E-state index in [1.807, 2.05) is 32.0 Å². The third-order valence-corrected chi connectivity index (χ3v) is 3.55. The first-order chi connectivity index (χ1) is 7.63. The lowest BCUT2D eigenvalue weighted by Gasteiger charge is -2.35. The van der Waals surface area contributed by atoms with Gasteiger partial charge in [0.1, 0.15) is 5.82 Å². The second-order valence-corrected chi connectivity index (χ2v) is 4.93. The molecule has 88 valence electrons. The molecule has 0 bridgehead atoms. The van der Waals surface area contributed by atoms with Crippen LogP contribution in [0, 0.1) is 5.82 Å². The van der Waals surface area contributed by atoms with Gasteiger partial charge in [0, 0.05) is 7.11 Å². The van der Waals surface area contributed by atoms with Gasteiger partial charge < -0.3 is 4.74 Å². The zero-order valence-electron chi connectivity index (χ0n) is 10.2. The Kier molecular flexibility index (Phi) is 3.29. The molecule has 16 heavy (non-hydrogen) atoms. The molecule has 1 nitrogen and oxygen atoms in total. The Balaban J connectivity index is 2.19. The fraction of sp³-hybridized carbons (Fsp3) is 0.571. The molecule has 0 atom stereocenters. The first-order valence-electron chi connectivity index (χ1n) is 5.94. The van der Waals surface area contributed by atoms with E-state index in [9.17, 15) is 4.39 Å². The molecule has 0 saturated heterocycles. The molecule has 1 aliphatic rings. The third kappa shape index (κ3) is 1.99. The fourth-order valence-corrected chi connectivity index (χ4v) is 2.34. The zero-order valence-corrected chi connectivity index (χ0v) is 10.2. The second kappa shape index (κ2) is 4.54. The molecule has 0 amide bonds. The average Bonchev–Trinajstić information content (AvgIpc) is 2.18. The Labute approximate surface area is 96.6 Å². The van der Waals surface area contributed by atoms with Crippen LogP contribution in [0.5, 0.6) is 0 Å². The number of hydrogen-bond donors (Lipinski definition) is 0. The topological polar surface area (TPSA) is 9.23 Å². The first-order valence-corrected chi connectivity index (χ1v) is 5.94. The van der Waals surface area contributed by atoms with Crippen LogP contribution in [0.2, 0.25) is 0 Å². The summed E-state index contributed by atoms with van der Waals surface area (Å²) in [6, 6.07) is 5.77. The van der Waals surface area contributed by atoms with E-state index < -0.39 is 0 Å². The number of halogens is 1. The molecule has 0 aromatic heterocycles. The van der Waals surface area contributed by atoms with E-state index in [2.05, 4.69) is 0 Å². The SMILES string of the molecule is CO[C@H]1C[C@@H](c2cccc(C(C)C)c2F)C1. The highest BCUT2D eigenvalue weighted by Crippen LogP contribution is 2.40. The van der Waals surface area contributed by atoms with Gasteiger partial charge in [-0.15, -0.1) is 0 Å². The van der Waals surface area contributed by atoms with Crippen LogP contribution in [-0.4, -0.2) is 13.2 Å². The molecule has 0 aliphatic heterocycles.